The molecular formula is C18H23N. The highest BCUT2D eigenvalue weighted by Crippen LogP contribution is 2.47. The van der Waals surface area contributed by atoms with Crippen LogP contribution in [0.15, 0.2) is 42.5 Å². The van der Waals surface area contributed by atoms with E-state index < -0.39 is 0 Å². The maximum Gasteiger partial charge on any atom is 0.0328 e. The first-order chi connectivity index (χ1) is 9.08. The second-order valence-corrected chi connectivity index (χ2v) is 6.62. The molecule has 19 heavy (non-hydrogen) atoms. The van der Waals surface area contributed by atoms with E-state index in [0.717, 1.165) is 0 Å². The molecule has 0 bridgehead atoms. The minimum absolute atomic E-state index is 0.169. The molecule has 1 aliphatic carbocycles. The first kappa shape index (κ1) is 12.7. The van der Waals surface area contributed by atoms with Gasteiger partial charge in [-0.05, 0) is 46.6 Å². The number of rotatable bonds is 2. The standard InChI is InChI=1S/C18H23N/c1-18(2)11-5-8-16(18)17(19)15-10-9-13-6-3-4-7-14(13)12-15/h3-4,6-7,9-10,12,16-17H,5,8,11,19H2,1-2H3. The van der Waals surface area contributed by atoms with E-state index in [4.69, 9.17) is 5.73 Å². The highest BCUT2D eigenvalue weighted by Gasteiger charge is 2.38. The Labute approximate surface area is 115 Å². The molecule has 0 aromatic heterocycles. The number of hydrogen-bond acceptors (Lipinski definition) is 1. The van der Waals surface area contributed by atoms with Crippen LogP contribution in [-0.4, -0.2) is 0 Å². The first-order valence-electron chi connectivity index (χ1n) is 7.32. The zero-order chi connectivity index (χ0) is 13.5. The lowest BCUT2D eigenvalue weighted by molar-refractivity contribution is 0.222. The van der Waals surface area contributed by atoms with Gasteiger partial charge in [0.05, 0.1) is 0 Å². The smallest absolute Gasteiger partial charge is 0.0328 e. The van der Waals surface area contributed by atoms with Gasteiger partial charge < -0.3 is 5.73 Å². The van der Waals surface area contributed by atoms with Crippen molar-refractivity contribution in [3.63, 3.8) is 0 Å². The topological polar surface area (TPSA) is 26.0 Å². The summed E-state index contributed by atoms with van der Waals surface area (Å²) in [6, 6.07) is 15.4. The summed E-state index contributed by atoms with van der Waals surface area (Å²) >= 11 is 0. The summed E-state index contributed by atoms with van der Waals surface area (Å²) in [6.07, 6.45) is 3.89. The Morgan fingerprint density at radius 2 is 1.84 bits per heavy atom. The van der Waals surface area contributed by atoms with E-state index in [1.54, 1.807) is 0 Å². The van der Waals surface area contributed by atoms with Crippen molar-refractivity contribution in [3.8, 4) is 0 Å². The predicted octanol–water partition coefficient (Wildman–Crippen LogP) is 4.67. The molecule has 2 N–H and O–H groups in total. The molecule has 1 heteroatoms. The molecule has 0 radical (unpaired) electrons. The minimum atomic E-state index is 0.169. The molecule has 0 saturated heterocycles. The van der Waals surface area contributed by atoms with E-state index in [9.17, 15) is 0 Å². The minimum Gasteiger partial charge on any atom is -0.324 e. The molecule has 100 valence electrons. The summed E-state index contributed by atoms with van der Waals surface area (Å²) in [5.74, 6) is 0.605. The van der Waals surface area contributed by atoms with Gasteiger partial charge in [0.2, 0.25) is 0 Å². The van der Waals surface area contributed by atoms with Crippen LogP contribution in [0.5, 0.6) is 0 Å². The fourth-order valence-electron chi connectivity index (χ4n) is 3.67. The van der Waals surface area contributed by atoms with Gasteiger partial charge in [-0.25, -0.2) is 0 Å². The van der Waals surface area contributed by atoms with Crippen molar-refractivity contribution in [1.82, 2.24) is 0 Å². The summed E-state index contributed by atoms with van der Waals surface area (Å²) < 4.78 is 0. The van der Waals surface area contributed by atoms with Crippen LogP contribution in [0.4, 0.5) is 0 Å². The zero-order valence-electron chi connectivity index (χ0n) is 11.9. The SMILES string of the molecule is CC1(C)CCCC1C(N)c1ccc2ccccc2c1. The third-order valence-corrected chi connectivity index (χ3v) is 4.93. The number of fused-ring (bicyclic) bond motifs is 1. The van der Waals surface area contributed by atoms with E-state index in [0.29, 0.717) is 11.3 Å². The molecule has 3 rings (SSSR count). The normalized spacial score (nSPS) is 23.6. The maximum absolute atomic E-state index is 6.57. The number of benzene rings is 2. The van der Waals surface area contributed by atoms with Crippen molar-refractivity contribution in [2.75, 3.05) is 0 Å². The van der Waals surface area contributed by atoms with Crippen LogP contribution >= 0.6 is 0 Å². The fraction of sp³-hybridized carbons (Fsp3) is 0.444. The average Bonchev–Trinajstić information content (AvgIpc) is 2.77. The Morgan fingerprint density at radius 3 is 2.53 bits per heavy atom. The van der Waals surface area contributed by atoms with Gasteiger partial charge in [-0.15, -0.1) is 0 Å². The zero-order valence-corrected chi connectivity index (χ0v) is 11.9. The van der Waals surface area contributed by atoms with Crippen LogP contribution < -0.4 is 5.73 Å². The third kappa shape index (κ3) is 2.28. The van der Waals surface area contributed by atoms with Crippen LogP contribution in [-0.2, 0) is 0 Å². The molecule has 2 aromatic carbocycles. The molecule has 1 saturated carbocycles. The highest BCUT2D eigenvalue weighted by molar-refractivity contribution is 5.83. The maximum atomic E-state index is 6.57. The molecule has 2 aromatic rings. The highest BCUT2D eigenvalue weighted by atomic mass is 14.7. The van der Waals surface area contributed by atoms with Crippen molar-refractivity contribution in [1.29, 1.82) is 0 Å². The summed E-state index contributed by atoms with van der Waals surface area (Å²) in [4.78, 5) is 0. The Balaban J connectivity index is 1.95. The third-order valence-electron chi connectivity index (χ3n) is 4.93. The lowest BCUT2D eigenvalue weighted by Crippen LogP contribution is -2.29. The monoisotopic (exact) mass is 253 g/mol. The van der Waals surface area contributed by atoms with Crippen LogP contribution in [0.3, 0.4) is 0 Å². The van der Waals surface area contributed by atoms with E-state index in [1.165, 1.54) is 35.6 Å². The molecular weight excluding hydrogens is 230 g/mol. The van der Waals surface area contributed by atoms with Crippen molar-refractivity contribution in [2.24, 2.45) is 17.1 Å². The van der Waals surface area contributed by atoms with Gasteiger partial charge in [0, 0.05) is 6.04 Å². The molecule has 0 heterocycles. The van der Waals surface area contributed by atoms with Gasteiger partial charge in [-0.1, -0.05) is 56.7 Å². The Hall–Kier alpha value is -1.34. The second kappa shape index (κ2) is 4.64. The second-order valence-electron chi connectivity index (χ2n) is 6.62. The Morgan fingerprint density at radius 1 is 1.11 bits per heavy atom. The largest absolute Gasteiger partial charge is 0.324 e. The van der Waals surface area contributed by atoms with Gasteiger partial charge in [-0.3, -0.25) is 0 Å². The van der Waals surface area contributed by atoms with Gasteiger partial charge in [0.1, 0.15) is 0 Å². The van der Waals surface area contributed by atoms with Crippen molar-refractivity contribution < 1.29 is 0 Å². The van der Waals surface area contributed by atoms with Gasteiger partial charge in [0.25, 0.3) is 0 Å². The average molecular weight is 253 g/mol. The molecule has 2 unspecified atom stereocenters. The van der Waals surface area contributed by atoms with Crippen LogP contribution in [0, 0.1) is 11.3 Å². The quantitative estimate of drug-likeness (QED) is 0.827. The van der Waals surface area contributed by atoms with E-state index in [2.05, 4.69) is 56.3 Å². The molecule has 0 amide bonds. The van der Waals surface area contributed by atoms with Crippen LogP contribution in [0.2, 0.25) is 0 Å². The van der Waals surface area contributed by atoms with E-state index >= 15 is 0 Å². The molecule has 0 aliphatic heterocycles. The molecule has 1 nitrogen and oxygen atoms in total. The van der Waals surface area contributed by atoms with E-state index in [-0.39, 0.29) is 6.04 Å². The summed E-state index contributed by atoms with van der Waals surface area (Å²) in [5, 5.41) is 2.59. The van der Waals surface area contributed by atoms with Gasteiger partial charge in [-0.2, -0.15) is 0 Å². The molecule has 1 fully saturated rings. The lowest BCUT2D eigenvalue weighted by Gasteiger charge is -2.32. The summed E-state index contributed by atoms with van der Waals surface area (Å²) in [5.41, 5.74) is 8.24. The Bertz CT molecular complexity index is 585. The number of hydrogen-bond donors (Lipinski definition) is 1. The van der Waals surface area contributed by atoms with Crippen molar-refractivity contribution in [2.45, 2.75) is 39.2 Å². The van der Waals surface area contributed by atoms with Crippen molar-refractivity contribution in [3.05, 3.63) is 48.0 Å². The first-order valence-corrected chi connectivity index (χ1v) is 7.32. The predicted molar refractivity (Wildman–Crippen MR) is 82.0 cm³/mol. The fourth-order valence-corrected chi connectivity index (χ4v) is 3.67. The van der Waals surface area contributed by atoms with Crippen LogP contribution in [0.1, 0.15) is 44.7 Å². The lowest BCUT2D eigenvalue weighted by atomic mass is 9.75. The Kier molecular flexibility index (Phi) is 3.10. The number of nitrogens with two attached hydrogens (primary N) is 1. The summed E-state index contributed by atoms with van der Waals surface area (Å²) in [6.45, 7) is 4.73. The van der Waals surface area contributed by atoms with E-state index in [1.807, 2.05) is 0 Å². The molecule has 1 aliphatic rings. The molecule has 0 spiro atoms. The van der Waals surface area contributed by atoms with Crippen molar-refractivity contribution >= 4 is 10.8 Å². The summed E-state index contributed by atoms with van der Waals surface area (Å²) in [7, 11) is 0. The molecule has 2 atom stereocenters. The van der Waals surface area contributed by atoms with Gasteiger partial charge >= 0.3 is 0 Å². The van der Waals surface area contributed by atoms with Crippen LogP contribution in [0.25, 0.3) is 10.8 Å². The van der Waals surface area contributed by atoms with Gasteiger partial charge in [0.15, 0.2) is 0 Å².